The molecule has 1 heterocycles. The normalized spacial score (nSPS) is 11.5. The van der Waals surface area contributed by atoms with Crippen molar-refractivity contribution >= 4 is 40.9 Å². The monoisotopic (exact) mass is 499 g/mol. The van der Waals surface area contributed by atoms with Crippen LogP contribution in [-0.2, 0) is 22.6 Å². The van der Waals surface area contributed by atoms with Crippen molar-refractivity contribution in [3.63, 3.8) is 0 Å². The fraction of sp³-hybridized carbons (Fsp3) is 0.250. The molecule has 2 aromatic carbocycles. The van der Waals surface area contributed by atoms with Crippen molar-refractivity contribution in [2.75, 3.05) is 18.2 Å². The first-order valence-electron chi connectivity index (χ1n) is 10.5. The van der Waals surface area contributed by atoms with E-state index in [0.29, 0.717) is 28.2 Å². The Morgan fingerprint density at radius 3 is 2.50 bits per heavy atom. The SMILES string of the molecule is C=CCn1c(SCC(=O)Nc2ccc(Cl)cc2)nnc1C(C)NC(=O)Cc1ccc(OC)cc1. The number of aromatic nitrogens is 3. The number of methoxy groups -OCH3 is 1. The molecule has 8 nitrogen and oxygen atoms in total. The molecule has 3 aromatic rings. The van der Waals surface area contributed by atoms with Gasteiger partial charge < -0.3 is 19.9 Å². The van der Waals surface area contributed by atoms with Gasteiger partial charge in [-0.25, -0.2) is 0 Å². The molecule has 0 aliphatic carbocycles. The molecule has 178 valence electrons. The Kier molecular flexibility index (Phi) is 9.12. The number of thioether (sulfide) groups is 1. The van der Waals surface area contributed by atoms with Gasteiger partial charge in [-0.1, -0.05) is 41.6 Å². The molecule has 0 bridgehead atoms. The predicted molar refractivity (Wildman–Crippen MR) is 134 cm³/mol. The molecule has 1 atom stereocenters. The van der Waals surface area contributed by atoms with E-state index in [1.165, 1.54) is 11.8 Å². The van der Waals surface area contributed by atoms with Crippen LogP contribution in [0.5, 0.6) is 5.75 Å². The van der Waals surface area contributed by atoms with E-state index >= 15 is 0 Å². The topological polar surface area (TPSA) is 98.1 Å². The molecule has 0 aliphatic rings. The molecule has 34 heavy (non-hydrogen) atoms. The predicted octanol–water partition coefficient (Wildman–Crippen LogP) is 4.28. The molecular formula is C24H26ClN5O3S. The second kappa shape index (κ2) is 12.2. The van der Waals surface area contributed by atoms with Crippen LogP contribution in [0.4, 0.5) is 5.69 Å². The van der Waals surface area contributed by atoms with Crippen molar-refractivity contribution in [2.45, 2.75) is 31.1 Å². The summed E-state index contributed by atoms with van der Waals surface area (Å²) in [6.07, 6.45) is 1.95. The smallest absolute Gasteiger partial charge is 0.234 e. The Bertz CT molecular complexity index is 1130. The average molecular weight is 500 g/mol. The van der Waals surface area contributed by atoms with Crippen LogP contribution in [0.15, 0.2) is 66.3 Å². The second-order valence-corrected chi connectivity index (χ2v) is 8.78. The highest BCUT2D eigenvalue weighted by Crippen LogP contribution is 2.22. The minimum absolute atomic E-state index is 0.137. The summed E-state index contributed by atoms with van der Waals surface area (Å²) in [5.74, 6) is 1.16. The third-order valence-corrected chi connectivity index (χ3v) is 6.02. The van der Waals surface area contributed by atoms with Gasteiger partial charge in [0.1, 0.15) is 5.75 Å². The summed E-state index contributed by atoms with van der Waals surface area (Å²) < 4.78 is 6.98. The van der Waals surface area contributed by atoms with Gasteiger partial charge in [-0.05, 0) is 48.9 Å². The van der Waals surface area contributed by atoms with Gasteiger partial charge in [-0.2, -0.15) is 0 Å². The van der Waals surface area contributed by atoms with Crippen LogP contribution in [-0.4, -0.2) is 39.4 Å². The first kappa shape index (κ1) is 25.3. The average Bonchev–Trinajstić information content (AvgIpc) is 3.22. The Balaban J connectivity index is 1.60. The van der Waals surface area contributed by atoms with Crippen molar-refractivity contribution in [3.8, 4) is 5.75 Å². The van der Waals surface area contributed by atoms with Gasteiger partial charge in [0.25, 0.3) is 0 Å². The lowest BCUT2D eigenvalue weighted by Crippen LogP contribution is -2.30. The van der Waals surface area contributed by atoms with Crippen LogP contribution in [0.3, 0.4) is 0 Å². The molecule has 0 radical (unpaired) electrons. The number of nitrogens with zero attached hydrogens (tertiary/aromatic N) is 3. The highest BCUT2D eigenvalue weighted by atomic mass is 35.5. The van der Waals surface area contributed by atoms with Crippen LogP contribution in [0, 0.1) is 0 Å². The van der Waals surface area contributed by atoms with Crippen LogP contribution in [0.25, 0.3) is 0 Å². The lowest BCUT2D eigenvalue weighted by molar-refractivity contribution is -0.121. The third-order valence-electron chi connectivity index (χ3n) is 4.81. The van der Waals surface area contributed by atoms with Gasteiger partial charge in [0, 0.05) is 17.3 Å². The van der Waals surface area contributed by atoms with Crippen molar-refractivity contribution in [1.82, 2.24) is 20.1 Å². The molecule has 3 rings (SSSR count). The summed E-state index contributed by atoms with van der Waals surface area (Å²) in [6.45, 7) is 6.08. The minimum Gasteiger partial charge on any atom is -0.497 e. The first-order valence-corrected chi connectivity index (χ1v) is 11.9. The van der Waals surface area contributed by atoms with Crippen molar-refractivity contribution in [2.24, 2.45) is 0 Å². The number of hydrogen-bond donors (Lipinski definition) is 2. The lowest BCUT2D eigenvalue weighted by atomic mass is 10.1. The van der Waals surface area contributed by atoms with Crippen LogP contribution in [0.1, 0.15) is 24.4 Å². The maximum Gasteiger partial charge on any atom is 0.234 e. The van der Waals surface area contributed by atoms with Crippen LogP contribution >= 0.6 is 23.4 Å². The summed E-state index contributed by atoms with van der Waals surface area (Å²) in [4.78, 5) is 24.9. The van der Waals surface area contributed by atoms with Crippen molar-refractivity contribution < 1.29 is 14.3 Å². The van der Waals surface area contributed by atoms with Gasteiger partial charge >= 0.3 is 0 Å². The van der Waals surface area contributed by atoms with E-state index in [1.54, 1.807) is 37.5 Å². The molecule has 0 spiro atoms. The number of nitrogens with one attached hydrogen (secondary N) is 2. The summed E-state index contributed by atoms with van der Waals surface area (Å²) in [5.41, 5.74) is 1.54. The number of carbonyl (C=O) groups excluding carboxylic acids is 2. The molecule has 1 unspecified atom stereocenters. The van der Waals surface area contributed by atoms with E-state index < -0.39 is 0 Å². The quantitative estimate of drug-likeness (QED) is 0.302. The van der Waals surface area contributed by atoms with Gasteiger partial charge in [0.2, 0.25) is 11.8 Å². The largest absolute Gasteiger partial charge is 0.497 e. The number of anilines is 1. The minimum atomic E-state index is -0.379. The fourth-order valence-corrected chi connectivity index (χ4v) is 4.05. The molecule has 0 fully saturated rings. The lowest BCUT2D eigenvalue weighted by Gasteiger charge is -2.15. The Morgan fingerprint density at radius 2 is 1.85 bits per heavy atom. The molecule has 0 saturated carbocycles. The summed E-state index contributed by atoms with van der Waals surface area (Å²) in [5, 5.41) is 15.4. The third kappa shape index (κ3) is 7.10. The number of carbonyl (C=O) groups is 2. The number of amides is 2. The van der Waals surface area contributed by atoms with E-state index in [0.717, 1.165) is 11.3 Å². The number of allylic oxidation sites excluding steroid dienone is 1. The molecular weight excluding hydrogens is 474 g/mol. The number of rotatable bonds is 11. The fourth-order valence-electron chi connectivity index (χ4n) is 3.17. The Hall–Kier alpha value is -3.30. The first-order chi connectivity index (χ1) is 16.4. The van der Waals surface area contributed by atoms with E-state index in [9.17, 15) is 9.59 Å². The molecule has 1 aromatic heterocycles. The molecule has 0 saturated heterocycles. The van der Waals surface area contributed by atoms with Crippen LogP contribution in [0.2, 0.25) is 5.02 Å². The zero-order valence-electron chi connectivity index (χ0n) is 19.0. The van der Waals surface area contributed by atoms with E-state index in [2.05, 4.69) is 27.4 Å². The van der Waals surface area contributed by atoms with E-state index in [1.807, 2.05) is 35.8 Å². The van der Waals surface area contributed by atoms with Gasteiger partial charge in [0.15, 0.2) is 11.0 Å². The Morgan fingerprint density at radius 1 is 1.15 bits per heavy atom. The summed E-state index contributed by atoms with van der Waals surface area (Å²) in [7, 11) is 1.60. The molecule has 0 aliphatic heterocycles. The van der Waals surface area contributed by atoms with Gasteiger partial charge in [-0.15, -0.1) is 16.8 Å². The maximum absolute atomic E-state index is 12.5. The Labute approximate surface area is 207 Å². The summed E-state index contributed by atoms with van der Waals surface area (Å²) >= 11 is 7.13. The zero-order chi connectivity index (χ0) is 24.5. The zero-order valence-corrected chi connectivity index (χ0v) is 20.5. The number of hydrogen-bond acceptors (Lipinski definition) is 6. The molecule has 2 amide bonds. The van der Waals surface area contributed by atoms with E-state index in [-0.39, 0.29) is 30.0 Å². The molecule has 2 N–H and O–H groups in total. The van der Waals surface area contributed by atoms with Crippen LogP contribution < -0.4 is 15.4 Å². The molecule has 10 heteroatoms. The number of benzene rings is 2. The highest BCUT2D eigenvalue weighted by molar-refractivity contribution is 7.99. The van der Waals surface area contributed by atoms with Crippen molar-refractivity contribution in [1.29, 1.82) is 0 Å². The van der Waals surface area contributed by atoms with Crippen molar-refractivity contribution in [3.05, 3.63) is 77.6 Å². The maximum atomic E-state index is 12.5. The number of halogens is 1. The number of ether oxygens (including phenoxy) is 1. The van der Waals surface area contributed by atoms with E-state index in [4.69, 9.17) is 16.3 Å². The summed E-state index contributed by atoms with van der Waals surface area (Å²) in [6, 6.07) is 13.9. The second-order valence-electron chi connectivity index (χ2n) is 7.40. The highest BCUT2D eigenvalue weighted by Gasteiger charge is 2.20. The van der Waals surface area contributed by atoms with Gasteiger partial charge in [0.05, 0.1) is 25.3 Å². The standard InChI is InChI=1S/C24H26ClN5O3S/c1-4-13-30-23(16(2)26-21(31)14-17-5-11-20(33-3)12-6-17)28-29-24(30)34-15-22(32)27-19-9-7-18(25)8-10-19/h4-12,16H,1,13-15H2,2-3H3,(H,26,31)(H,27,32). The van der Waals surface area contributed by atoms with Gasteiger partial charge in [-0.3, -0.25) is 9.59 Å².